The van der Waals surface area contributed by atoms with Gasteiger partial charge in [-0.2, -0.15) is 4.98 Å². The Morgan fingerprint density at radius 2 is 1.80 bits per heavy atom. The van der Waals surface area contributed by atoms with Crippen LogP contribution in [-0.2, 0) is 13.2 Å². The van der Waals surface area contributed by atoms with Crippen LogP contribution < -0.4 is 4.74 Å². The van der Waals surface area contributed by atoms with E-state index in [0.29, 0.717) is 18.3 Å². The zero-order valence-electron chi connectivity index (χ0n) is 14.3. The third-order valence-electron chi connectivity index (χ3n) is 4.43. The molecule has 0 aliphatic carbocycles. The fourth-order valence-electron chi connectivity index (χ4n) is 3.02. The van der Waals surface area contributed by atoms with E-state index in [4.69, 9.17) is 9.26 Å². The van der Waals surface area contributed by atoms with Gasteiger partial charge in [-0.25, -0.2) is 0 Å². The van der Waals surface area contributed by atoms with Crippen LogP contribution in [0.1, 0.15) is 28.8 Å². The number of benzene rings is 2. The van der Waals surface area contributed by atoms with Crippen molar-refractivity contribution in [3.05, 3.63) is 77.4 Å². The van der Waals surface area contributed by atoms with Crippen LogP contribution in [-0.4, -0.2) is 28.1 Å². The second-order valence-corrected chi connectivity index (χ2v) is 6.49. The van der Waals surface area contributed by atoms with Crippen molar-refractivity contribution >= 4 is 0 Å². The molecule has 0 N–H and O–H groups in total. The quantitative estimate of drug-likeness (QED) is 0.689. The Labute approximate surface area is 147 Å². The third-order valence-corrected chi connectivity index (χ3v) is 4.43. The van der Waals surface area contributed by atoms with Gasteiger partial charge in [0.15, 0.2) is 5.82 Å². The molecule has 0 atom stereocenters. The lowest BCUT2D eigenvalue weighted by Gasteiger charge is -2.37. The molecule has 5 heteroatoms. The van der Waals surface area contributed by atoms with Gasteiger partial charge in [-0.05, 0) is 30.2 Å². The summed E-state index contributed by atoms with van der Waals surface area (Å²) in [5.74, 6) is 2.74. The molecule has 0 unspecified atom stereocenters. The van der Waals surface area contributed by atoms with E-state index in [1.807, 2.05) is 37.3 Å². The lowest BCUT2D eigenvalue weighted by Crippen LogP contribution is -2.44. The van der Waals surface area contributed by atoms with Crippen LogP contribution in [0.2, 0.25) is 0 Å². The first-order valence-electron chi connectivity index (χ1n) is 8.54. The van der Waals surface area contributed by atoms with Gasteiger partial charge in [-0.1, -0.05) is 47.6 Å². The summed E-state index contributed by atoms with van der Waals surface area (Å²) < 4.78 is 11.1. The van der Waals surface area contributed by atoms with E-state index in [-0.39, 0.29) is 0 Å². The molecule has 0 amide bonds. The highest BCUT2D eigenvalue weighted by Gasteiger charge is 2.32. The SMILES string of the molecule is Cc1noc(C2CN(Cc3ccc(OCc4ccccc4)cc3)C2)n1. The van der Waals surface area contributed by atoms with Crippen molar-refractivity contribution in [3.8, 4) is 5.75 Å². The predicted molar refractivity (Wildman–Crippen MR) is 94.3 cm³/mol. The fraction of sp³-hybridized carbons (Fsp3) is 0.300. The van der Waals surface area contributed by atoms with Crippen molar-refractivity contribution in [3.63, 3.8) is 0 Å². The molecular formula is C20H21N3O2. The van der Waals surface area contributed by atoms with Crippen LogP contribution in [0.25, 0.3) is 0 Å². The first kappa shape index (κ1) is 15.8. The summed E-state index contributed by atoms with van der Waals surface area (Å²) in [5.41, 5.74) is 2.46. The monoisotopic (exact) mass is 335 g/mol. The van der Waals surface area contributed by atoms with Gasteiger partial charge in [0.2, 0.25) is 5.89 Å². The molecule has 3 aromatic rings. The van der Waals surface area contributed by atoms with Crippen LogP contribution >= 0.6 is 0 Å². The summed E-state index contributed by atoms with van der Waals surface area (Å²) >= 11 is 0. The predicted octanol–water partition coefficient (Wildman–Crippen LogP) is 3.56. The van der Waals surface area contributed by atoms with Crippen molar-refractivity contribution in [2.24, 2.45) is 0 Å². The summed E-state index contributed by atoms with van der Waals surface area (Å²) in [4.78, 5) is 6.69. The van der Waals surface area contributed by atoms with E-state index in [2.05, 4.69) is 39.3 Å². The van der Waals surface area contributed by atoms with Gasteiger partial charge in [0.25, 0.3) is 0 Å². The average Bonchev–Trinajstić information content (AvgIpc) is 3.04. The molecule has 5 nitrogen and oxygen atoms in total. The minimum Gasteiger partial charge on any atom is -0.489 e. The van der Waals surface area contributed by atoms with Gasteiger partial charge in [-0.3, -0.25) is 4.90 Å². The Kier molecular flexibility index (Phi) is 4.48. The number of hydrogen-bond acceptors (Lipinski definition) is 5. The maximum absolute atomic E-state index is 5.83. The van der Waals surface area contributed by atoms with Crippen LogP contribution in [0.5, 0.6) is 5.75 Å². The second-order valence-electron chi connectivity index (χ2n) is 6.49. The highest BCUT2D eigenvalue weighted by molar-refractivity contribution is 5.28. The molecule has 1 fully saturated rings. The first-order valence-corrected chi connectivity index (χ1v) is 8.54. The van der Waals surface area contributed by atoms with Crippen LogP contribution in [0.15, 0.2) is 59.1 Å². The van der Waals surface area contributed by atoms with Crippen molar-refractivity contribution in [2.45, 2.75) is 26.0 Å². The van der Waals surface area contributed by atoms with Gasteiger partial charge in [-0.15, -0.1) is 0 Å². The van der Waals surface area contributed by atoms with E-state index in [1.54, 1.807) is 0 Å². The molecule has 1 aromatic heterocycles. The Bertz CT molecular complexity index is 808. The number of ether oxygens (including phenoxy) is 1. The Morgan fingerprint density at radius 1 is 1.04 bits per heavy atom. The smallest absolute Gasteiger partial charge is 0.232 e. The van der Waals surface area contributed by atoms with Crippen LogP contribution in [0, 0.1) is 6.92 Å². The summed E-state index contributed by atoms with van der Waals surface area (Å²) in [6.45, 7) is 5.31. The van der Waals surface area contributed by atoms with Crippen LogP contribution in [0.3, 0.4) is 0 Å². The first-order chi connectivity index (χ1) is 12.3. The average molecular weight is 335 g/mol. The van der Waals surface area contributed by atoms with E-state index in [1.165, 1.54) is 11.1 Å². The number of hydrogen-bond donors (Lipinski definition) is 0. The molecule has 2 aromatic carbocycles. The van der Waals surface area contributed by atoms with E-state index in [0.717, 1.165) is 31.3 Å². The molecule has 128 valence electrons. The Morgan fingerprint density at radius 3 is 2.48 bits per heavy atom. The van der Waals surface area contributed by atoms with Crippen LogP contribution in [0.4, 0.5) is 0 Å². The maximum atomic E-state index is 5.83. The van der Waals surface area contributed by atoms with Gasteiger partial charge < -0.3 is 9.26 Å². The molecule has 1 saturated heterocycles. The highest BCUT2D eigenvalue weighted by atomic mass is 16.5. The molecule has 1 aliphatic rings. The van der Waals surface area contributed by atoms with E-state index < -0.39 is 0 Å². The third kappa shape index (κ3) is 3.88. The number of aromatic nitrogens is 2. The second kappa shape index (κ2) is 7.07. The minimum absolute atomic E-state index is 0.370. The molecular weight excluding hydrogens is 314 g/mol. The molecule has 0 bridgehead atoms. The van der Waals surface area contributed by atoms with Crippen molar-refractivity contribution in [1.82, 2.24) is 15.0 Å². The molecule has 0 radical (unpaired) electrons. The topological polar surface area (TPSA) is 51.4 Å². The lowest BCUT2D eigenvalue weighted by atomic mass is 9.99. The molecule has 1 aliphatic heterocycles. The van der Waals surface area contributed by atoms with Crippen molar-refractivity contribution in [2.75, 3.05) is 13.1 Å². The number of nitrogens with zero attached hydrogens (tertiary/aromatic N) is 3. The van der Waals surface area contributed by atoms with Crippen molar-refractivity contribution < 1.29 is 9.26 Å². The minimum atomic E-state index is 0.370. The largest absolute Gasteiger partial charge is 0.489 e. The zero-order chi connectivity index (χ0) is 17.1. The number of aryl methyl sites for hydroxylation is 1. The molecule has 2 heterocycles. The molecule has 4 rings (SSSR count). The fourth-order valence-corrected chi connectivity index (χ4v) is 3.02. The molecule has 0 spiro atoms. The van der Waals surface area contributed by atoms with E-state index >= 15 is 0 Å². The Balaban J connectivity index is 1.25. The lowest BCUT2D eigenvalue weighted by molar-refractivity contribution is 0.117. The standard InChI is InChI=1S/C20H21N3O2/c1-15-21-20(25-22-15)18-12-23(13-18)11-16-7-9-19(10-8-16)24-14-17-5-3-2-4-6-17/h2-10,18H,11-14H2,1H3. The summed E-state index contributed by atoms with van der Waals surface area (Å²) in [7, 11) is 0. The molecule has 25 heavy (non-hydrogen) atoms. The Hall–Kier alpha value is -2.66. The normalized spacial score (nSPS) is 15.1. The summed E-state index contributed by atoms with van der Waals surface area (Å²) in [5, 5.41) is 3.86. The highest BCUT2D eigenvalue weighted by Crippen LogP contribution is 2.27. The summed E-state index contributed by atoms with van der Waals surface area (Å²) in [6.07, 6.45) is 0. The number of likely N-dealkylation sites (tertiary alicyclic amines) is 1. The van der Waals surface area contributed by atoms with Gasteiger partial charge in [0.05, 0.1) is 5.92 Å². The van der Waals surface area contributed by atoms with Crippen molar-refractivity contribution in [1.29, 1.82) is 0 Å². The summed E-state index contributed by atoms with van der Waals surface area (Å²) in [6, 6.07) is 18.5. The number of rotatable bonds is 6. The molecule has 0 saturated carbocycles. The van der Waals surface area contributed by atoms with Gasteiger partial charge in [0, 0.05) is 19.6 Å². The van der Waals surface area contributed by atoms with E-state index in [9.17, 15) is 0 Å². The zero-order valence-corrected chi connectivity index (χ0v) is 14.3. The maximum Gasteiger partial charge on any atom is 0.232 e. The van der Waals surface area contributed by atoms with Gasteiger partial charge >= 0.3 is 0 Å². The van der Waals surface area contributed by atoms with Gasteiger partial charge in [0.1, 0.15) is 12.4 Å².